The molecule has 4 rings (SSSR count). The highest BCUT2D eigenvalue weighted by Gasteiger charge is 2.37. The van der Waals surface area contributed by atoms with Crippen LogP contribution in [-0.2, 0) is 16.1 Å². The normalized spacial score (nSPS) is 15.7. The number of benzene rings is 2. The van der Waals surface area contributed by atoms with Gasteiger partial charge in [0.05, 0.1) is 6.26 Å². The first kappa shape index (κ1) is 20.9. The first-order valence-electron chi connectivity index (χ1n) is 9.80. The highest BCUT2D eigenvalue weighted by molar-refractivity contribution is 9.10. The summed E-state index contributed by atoms with van der Waals surface area (Å²) in [6, 6.07) is 17.8. The first-order valence-corrected chi connectivity index (χ1v) is 10.6. The van der Waals surface area contributed by atoms with Crippen LogP contribution >= 0.6 is 15.9 Å². The minimum Gasteiger partial charge on any atom is -0.459 e. The fourth-order valence-corrected chi connectivity index (χ4v) is 3.88. The molecule has 1 unspecified atom stereocenters. The lowest BCUT2D eigenvalue weighted by molar-refractivity contribution is -0.132. The summed E-state index contributed by atoms with van der Waals surface area (Å²) in [7, 11) is 0. The minimum absolute atomic E-state index is 0.199. The molecule has 1 atom stereocenters. The Balaban J connectivity index is 1.35. The van der Waals surface area contributed by atoms with E-state index in [9.17, 15) is 14.4 Å². The number of nitrogens with one attached hydrogen (secondary N) is 2. The van der Waals surface area contributed by atoms with Gasteiger partial charge < -0.3 is 20.0 Å². The fraction of sp³-hybridized carbons (Fsp3) is 0.174. The molecule has 1 aliphatic rings. The summed E-state index contributed by atoms with van der Waals surface area (Å²) < 4.78 is 5.96. The van der Waals surface area contributed by atoms with E-state index in [2.05, 4.69) is 26.6 Å². The molecular weight excluding hydrogens is 462 g/mol. The zero-order valence-electron chi connectivity index (χ0n) is 16.5. The van der Waals surface area contributed by atoms with Gasteiger partial charge in [0, 0.05) is 28.9 Å². The molecule has 0 radical (unpaired) electrons. The molecule has 1 aliphatic heterocycles. The zero-order valence-corrected chi connectivity index (χ0v) is 18.1. The van der Waals surface area contributed by atoms with Gasteiger partial charge >= 0.3 is 0 Å². The molecule has 0 aliphatic carbocycles. The second kappa shape index (κ2) is 9.18. The number of nitrogens with zero attached hydrogens (tertiary/aromatic N) is 1. The highest BCUT2D eigenvalue weighted by atomic mass is 79.9. The SMILES string of the molecule is O=C(Nc1cccc(CNC(=O)C2CCN(c3cccc(Br)c3)C2=O)c1)c1ccco1. The minimum atomic E-state index is -0.708. The molecule has 3 aromatic rings. The van der Waals surface area contributed by atoms with Crippen molar-refractivity contribution < 1.29 is 18.8 Å². The van der Waals surface area contributed by atoms with Crippen LogP contribution in [0, 0.1) is 5.92 Å². The van der Waals surface area contributed by atoms with Crippen LogP contribution < -0.4 is 15.5 Å². The van der Waals surface area contributed by atoms with Gasteiger partial charge in [-0.25, -0.2) is 0 Å². The smallest absolute Gasteiger partial charge is 0.291 e. The van der Waals surface area contributed by atoms with E-state index in [4.69, 9.17) is 4.42 Å². The maximum Gasteiger partial charge on any atom is 0.291 e. The van der Waals surface area contributed by atoms with Crippen molar-refractivity contribution in [1.29, 1.82) is 0 Å². The summed E-state index contributed by atoms with van der Waals surface area (Å²) in [4.78, 5) is 39.1. The summed E-state index contributed by atoms with van der Waals surface area (Å²) in [6.07, 6.45) is 1.90. The topological polar surface area (TPSA) is 91.7 Å². The van der Waals surface area contributed by atoms with Crippen LogP contribution in [0.1, 0.15) is 22.5 Å². The highest BCUT2D eigenvalue weighted by Crippen LogP contribution is 2.27. The van der Waals surface area contributed by atoms with Gasteiger partial charge in [-0.15, -0.1) is 0 Å². The summed E-state index contributed by atoms with van der Waals surface area (Å²) in [6.45, 7) is 0.756. The Morgan fingerprint density at radius 2 is 1.94 bits per heavy atom. The predicted molar refractivity (Wildman–Crippen MR) is 120 cm³/mol. The Bertz CT molecular complexity index is 1110. The molecule has 31 heavy (non-hydrogen) atoms. The average molecular weight is 482 g/mol. The Morgan fingerprint density at radius 3 is 2.71 bits per heavy atom. The number of carbonyl (C=O) groups excluding carboxylic acids is 3. The fourth-order valence-electron chi connectivity index (χ4n) is 3.50. The maximum absolute atomic E-state index is 12.8. The van der Waals surface area contributed by atoms with Crippen molar-refractivity contribution in [3.05, 3.63) is 82.7 Å². The van der Waals surface area contributed by atoms with Crippen molar-refractivity contribution in [1.82, 2.24) is 5.32 Å². The molecule has 0 saturated carbocycles. The summed E-state index contributed by atoms with van der Waals surface area (Å²) in [5, 5.41) is 5.59. The number of furan rings is 1. The van der Waals surface area contributed by atoms with E-state index in [-0.39, 0.29) is 30.0 Å². The monoisotopic (exact) mass is 481 g/mol. The van der Waals surface area contributed by atoms with Crippen LogP contribution in [0.5, 0.6) is 0 Å². The lowest BCUT2D eigenvalue weighted by Gasteiger charge is -2.17. The Hall–Kier alpha value is -3.39. The van der Waals surface area contributed by atoms with Crippen LogP contribution in [0.15, 0.2) is 75.8 Å². The van der Waals surface area contributed by atoms with Crippen LogP contribution in [0.4, 0.5) is 11.4 Å². The Kier molecular flexibility index (Phi) is 6.18. The molecule has 3 amide bonds. The molecule has 2 N–H and O–H groups in total. The van der Waals surface area contributed by atoms with Gasteiger partial charge in [-0.1, -0.05) is 34.1 Å². The van der Waals surface area contributed by atoms with Crippen molar-refractivity contribution >= 4 is 45.0 Å². The van der Waals surface area contributed by atoms with Gasteiger partial charge in [-0.05, 0) is 54.4 Å². The summed E-state index contributed by atoms with van der Waals surface area (Å²) >= 11 is 3.41. The lowest BCUT2D eigenvalue weighted by atomic mass is 10.1. The number of rotatable bonds is 6. The van der Waals surface area contributed by atoms with Crippen molar-refractivity contribution in [2.75, 3.05) is 16.8 Å². The summed E-state index contributed by atoms with van der Waals surface area (Å²) in [5.74, 6) is -1.34. The van der Waals surface area contributed by atoms with E-state index in [0.717, 1.165) is 15.7 Å². The lowest BCUT2D eigenvalue weighted by Crippen LogP contribution is -2.36. The molecule has 1 fully saturated rings. The molecule has 7 nitrogen and oxygen atoms in total. The third kappa shape index (κ3) is 4.86. The van der Waals surface area contributed by atoms with Crippen LogP contribution in [0.3, 0.4) is 0 Å². The average Bonchev–Trinajstić information content (AvgIpc) is 3.42. The molecule has 2 heterocycles. The Labute approximate surface area is 187 Å². The largest absolute Gasteiger partial charge is 0.459 e. The standard InChI is InChI=1S/C23H20BrN3O4/c24-16-5-2-7-18(13-16)27-10-9-19(23(27)30)21(28)25-14-15-4-1-6-17(12-15)26-22(29)20-8-3-11-31-20/h1-8,11-13,19H,9-10,14H2,(H,25,28)(H,26,29). The number of halogens is 1. The van der Waals surface area contributed by atoms with Gasteiger partial charge in [0.1, 0.15) is 5.92 Å². The van der Waals surface area contributed by atoms with E-state index in [1.54, 1.807) is 35.2 Å². The number of hydrogen-bond donors (Lipinski definition) is 2. The quantitative estimate of drug-likeness (QED) is 0.521. The predicted octanol–water partition coefficient (Wildman–Crippen LogP) is 3.96. The van der Waals surface area contributed by atoms with E-state index in [1.165, 1.54) is 6.26 Å². The molecule has 2 aromatic carbocycles. The number of anilines is 2. The van der Waals surface area contributed by atoms with E-state index in [1.807, 2.05) is 30.3 Å². The Morgan fingerprint density at radius 1 is 1.10 bits per heavy atom. The van der Waals surface area contributed by atoms with Gasteiger partial charge in [-0.3, -0.25) is 14.4 Å². The van der Waals surface area contributed by atoms with E-state index >= 15 is 0 Å². The van der Waals surface area contributed by atoms with Crippen molar-refractivity contribution in [3.8, 4) is 0 Å². The van der Waals surface area contributed by atoms with Crippen molar-refractivity contribution in [3.63, 3.8) is 0 Å². The van der Waals surface area contributed by atoms with Gasteiger partial charge in [0.2, 0.25) is 11.8 Å². The molecule has 0 bridgehead atoms. The number of hydrogen-bond acceptors (Lipinski definition) is 4. The van der Waals surface area contributed by atoms with Gasteiger partial charge in [0.15, 0.2) is 5.76 Å². The third-order valence-electron chi connectivity index (χ3n) is 5.04. The molecule has 0 spiro atoms. The van der Waals surface area contributed by atoms with Crippen molar-refractivity contribution in [2.45, 2.75) is 13.0 Å². The molecule has 8 heteroatoms. The second-order valence-electron chi connectivity index (χ2n) is 7.16. The third-order valence-corrected chi connectivity index (χ3v) is 5.53. The van der Waals surface area contributed by atoms with Crippen LogP contribution in [-0.4, -0.2) is 24.3 Å². The first-order chi connectivity index (χ1) is 15.0. The van der Waals surface area contributed by atoms with E-state index in [0.29, 0.717) is 18.7 Å². The van der Waals surface area contributed by atoms with Crippen LogP contribution in [0.2, 0.25) is 0 Å². The van der Waals surface area contributed by atoms with Gasteiger partial charge in [0.25, 0.3) is 5.91 Å². The molecule has 1 saturated heterocycles. The number of carbonyl (C=O) groups is 3. The summed E-state index contributed by atoms with van der Waals surface area (Å²) in [5.41, 5.74) is 2.17. The molecule has 1 aromatic heterocycles. The zero-order chi connectivity index (χ0) is 21.8. The van der Waals surface area contributed by atoms with Gasteiger partial charge in [-0.2, -0.15) is 0 Å². The maximum atomic E-state index is 12.8. The van der Waals surface area contributed by atoms with Crippen molar-refractivity contribution in [2.24, 2.45) is 5.92 Å². The molecular formula is C23H20BrN3O4. The second-order valence-corrected chi connectivity index (χ2v) is 8.08. The van der Waals surface area contributed by atoms with Crippen LogP contribution in [0.25, 0.3) is 0 Å². The van der Waals surface area contributed by atoms with E-state index < -0.39 is 5.92 Å². The molecule has 158 valence electrons. The number of amides is 3.